The van der Waals surface area contributed by atoms with Crippen molar-refractivity contribution >= 4 is 20.7 Å². The number of benzene rings is 1. The van der Waals surface area contributed by atoms with Crippen molar-refractivity contribution in [1.82, 2.24) is 4.98 Å². The highest BCUT2D eigenvalue weighted by Crippen LogP contribution is 2.24. The minimum atomic E-state index is -2.79. The molecule has 3 rings (SSSR count). The molecule has 1 fully saturated rings. The zero-order valence-corrected chi connectivity index (χ0v) is 11.0. The Morgan fingerprint density at radius 3 is 3.00 bits per heavy atom. The van der Waals surface area contributed by atoms with E-state index in [0.717, 1.165) is 24.8 Å². The van der Waals surface area contributed by atoms with Gasteiger partial charge in [0.1, 0.15) is 0 Å². The molecule has 0 radical (unpaired) electrons. The Morgan fingerprint density at radius 1 is 1.28 bits per heavy atom. The summed E-state index contributed by atoms with van der Waals surface area (Å²) < 4.78 is 23.2. The quantitative estimate of drug-likeness (QED) is 0.905. The molecule has 1 aromatic heterocycles. The van der Waals surface area contributed by atoms with E-state index in [4.69, 9.17) is 0 Å². The van der Waals surface area contributed by atoms with Crippen LogP contribution in [0, 0.1) is 5.92 Å². The van der Waals surface area contributed by atoms with E-state index in [0.29, 0.717) is 11.5 Å². The molecule has 1 aromatic carbocycles. The molecule has 3 nitrogen and oxygen atoms in total. The van der Waals surface area contributed by atoms with E-state index in [1.807, 2.05) is 12.3 Å². The fraction of sp³-hybridized carbons (Fsp3) is 0.429. The molecule has 1 saturated heterocycles. The lowest BCUT2D eigenvalue weighted by Gasteiger charge is -2.21. The molecule has 2 aromatic rings. The van der Waals surface area contributed by atoms with Crippen LogP contribution in [-0.2, 0) is 16.3 Å². The molecular weight excluding hydrogens is 246 g/mol. The van der Waals surface area contributed by atoms with Crippen LogP contribution in [0.5, 0.6) is 0 Å². The molecule has 2 heterocycles. The Labute approximate surface area is 107 Å². The van der Waals surface area contributed by atoms with Crippen molar-refractivity contribution in [2.45, 2.75) is 19.3 Å². The summed E-state index contributed by atoms with van der Waals surface area (Å²) in [5.41, 5.74) is 2.36. The van der Waals surface area contributed by atoms with Gasteiger partial charge in [-0.2, -0.15) is 0 Å². The summed E-state index contributed by atoms with van der Waals surface area (Å²) in [5.74, 6) is 1.02. The van der Waals surface area contributed by atoms with Crippen molar-refractivity contribution in [1.29, 1.82) is 0 Å². The van der Waals surface area contributed by atoms with Crippen molar-refractivity contribution in [2.75, 3.05) is 11.5 Å². The van der Waals surface area contributed by atoms with Crippen LogP contribution in [0.3, 0.4) is 0 Å². The molecule has 18 heavy (non-hydrogen) atoms. The average Bonchev–Trinajstić information content (AvgIpc) is 2.74. The number of H-pyrrole nitrogens is 1. The first kappa shape index (κ1) is 11.8. The van der Waals surface area contributed by atoms with Gasteiger partial charge in [0.05, 0.1) is 11.5 Å². The van der Waals surface area contributed by atoms with Crippen molar-refractivity contribution in [3.05, 3.63) is 36.0 Å². The van der Waals surface area contributed by atoms with Crippen LogP contribution >= 0.6 is 0 Å². The predicted octanol–water partition coefficient (Wildman–Crippen LogP) is 2.54. The van der Waals surface area contributed by atoms with Gasteiger partial charge in [-0.15, -0.1) is 0 Å². The molecule has 1 atom stereocenters. The number of hydrogen-bond donors (Lipinski definition) is 1. The standard InChI is InChI=1S/C14H17NO2S/c16-18(17)7-1-2-12(10-18)8-11-3-4-13-5-6-15-14(13)9-11/h3-6,9,12,15H,1-2,7-8,10H2. The largest absolute Gasteiger partial charge is 0.361 e. The Balaban J connectivity index is 1.79. The molecule has 0 aliphatic carbocycles. The van der Waals surface area contributed by atoms with Gasteiger partial charge in [-0.25, -0.2) is 8.42 Å². The average molecular weight is 263 g/mol. The molecule has 0 amide bonds. The highest BCUT2D eigenvalue weighted by Gasteiger charge is 2.24. The summed E-state index contributed by atoms with van der Waals surface area (Å²) in [7, 11) is -2.79. The number of aromatic nitrogens is 1. The topological polar surface area (TPSA) is 49.9 Å². The van der Waals surface area contributed by atoms with Crippen LogP contribution in [-0.4, -0.2) is 24.9 Å². The molecule has 1 aliphatic rings. The van der Waals surface area contributed by atoms with Crippen LogP contribution in [0.2, 0.25) is 0 Å². The normalized spacial score (nSPS) is 23.2. The summed E-state index contributed by atoms with van der Waals surface area (Å²) in [5, 5.41) is 1.20. The molecule has 1 N–H and O–H groups in total. The summed E-state index contributed by atoms with van der Waals surface area (Å²) in [6.45, 7) is 0. The van der Waals surface area contributed by atoms with Crippen molar-refractivity contribution < 1.29 is 8.42 Å². The first-order valence-corrected chi connectivity index (χ1v) is 8.21. The third-order valence-electron chi connectivity index (χ3n) is 3.70. The second-order valence-electron chi connectivity index (χ2n) is 5.23. The number of hydrogen-bond acceptors (Lipinski definition) is 2. The third-order valence-corrected chi connectivity index (χ3v) is 5.59. The molecule has 0 saturated carbocycles. The molecule has 1 aliphatic heterocycles. The van der Waals surface area contributed by atoms with Crippen LogP contribution in [0.4, 0.5) is 0 Å². The van der Waals surface area contributed by atoms with Gasteiger partial charge < -0.3 is 4.98 Å². The van der Waals surface area contributed by atoms with E-state index < -0.39 is 9.84 Å². The molecule has 0 bridgehead atoms. The van der Waals surface area contributed by atoms with Gasteiger partial charge in [0.25, 0.3) is 0 Å². The lowest BCUT2D eigenvalue weighted by atomic mass is 9.96. The minimum Gasteiger partial charge on any atom is -0.361 e. The van der Waals surface area contributed by atoms with E-state index in [9.17, 15) is 8.42 Å². The van der Waals surface area contributed by atoms with Crippen LogP contribution in [0.15, 0.2) is 30.5 Å². The fourth-order valence-corrected chi connectivity index (χ4v) is 4.61. The highest BCUT2D eigenvalue weighted by molar-refractivity contribution is 7.91. The number of aromatic amines is 1. The van der Waals surface area contributed by atoms with Crippen molar-refractivity contribution in [3.63, 3.8) is 0 Å². The maximum atomic E-state index is 11.6. The lowest BCUT2D eigenvalue weighted by molar-refractivity contribution is 0.484. The van der Waals surface area contributed by atoms with Crippen LogP contribution < -0.4 is 0 Å². The van der Waals surface area contributed by atoms with E-state index in [-0.39, 0.29) is 5.92 Å². The van der Waals surface area contributed by atoms with Crippen molar-refractivity contribution in [2.24, 2.45) is 5.92 Å². The molecule has 4 heteroatoms. The fourth-order valence-electron chi connectivity index (χ4n) is 2.83. The van der Waals surface area contributed by atoms with E-state index in [1.54, 1.807) is 0 Å². The first-order chi connectivity index (χ1) is 8.62. The number of rotatable bonds is 2. The SMILES string of the molecule is O=S1(=O)CCCC(Cc2ccc3cc[nH]c3c2)C1. The van der Waals surface area contributed by atoms with Gasteiger partial charge in [-0.1, -0.05) is 12.1 Å². The van der Waals surface area contributed by atoms with Gasteiger partial charge in [-0.05, 0) is 48.3 Å². The van der Waals surface area contributed by atoms with Crippen LogP contribution in [0.1, 0.15) is 18.4 Å². The third kappa shape index (κ3) is 2.43. The maximum absolute atomic E-state index is 11.6. The van der Waals surface area contributed by atoms with Gasteiger partial charge in [-0.3, -0.25) is 0 Å². The van der Waals surface area contributed by atoms with Gasteiger partial charge in [0.15, 0.2) is 9.84 Å². The zero-order valence-electron chi connectivity index (χ0n) is 10.2. The van der Waals surface area contributed by atoms with Gasteiger partial charge >= 0.3 is 0 Å². The smallest absolute Gasteiger partial charge is 0.150 e. The van der Waals surface area contributed by atoms with Crippen molar-refractivity contribution in [3.8, 4) is 0 Å². The first-order valence-electron chi connectivity index (χ1n) is 6.39. The number of nitrogens with one attached hydrogen (secondary N) is 1. The Hall–Kier alpha value is -1.29. The summed E-state index contributed by atoms with van der Waals surface area (Å²) in [6, 6.07) is 8.39. The predicted molar refractivity (Wildman–Crippen MR) is 73.4 cm³/mol. The Bertz CT molecular complexity index is 657. The van der Waals surface area contributed by atoms with Crippen LogP contribution in [0.25, 0.3) is 10.9 Å². The lowest BCUT2D eigenvalue weighted by Crippen LogP contribution is -2.26. The van der Waals surface area contributed by atoms with E-state index in [2.05, 4.69) is 23.2 Å². The second-order valence-corrected chi connectivity index (χ2v) is 7.45. The highest BCUT2D eigenvalue weighted by atomic mass is 32.2. The number of sulfone groups is 1. The number of fused-ring (bicyclic) bond motifs is 1. The summed E-state index contributed by atoms with van der Waals surface area (Å²) in [4.78, 5) is 3.20. The summed E-state index contributed by atoms with van der Waals surface area (Å²) >= 11 is 0. The monoisotopic (exact) mass is 263 g/mol. The molecule has 1 unspecified atom stereocenters. The zero-order chi connectivity index (χ0) is 12.6. The van der Waals surface area contributed by atoms with E-state index >= 15 is 0 Å². The van der Waals surface area contributed by atoms with E-state index in [1.165, 1.54) is 10.9 Å². The molecule has 96 valence electrons. The second kappa shape index (κ2) is 4.43. The Kier molecular flexibility index (Phi) is 2.90. The Morgan fingerprint density at radius 2 is 2.17 bits per heavy atom. The van der Waals surface area contributed by atoms with Gasteiger partial charge in [0.2, 0.25) is 0 Å². The molecule has 0 spiro atoms. The van der Waals surface area contributed by atoms with Gasteiger partial charge in [0, 0.05) is 11.7 Å². The maximum Gasteiger partial charge on any atom is 0.150 e. The summed E-state index contributed by atoms with van der Waals surface area (Å²) in [6.07, 6.45) is 4.65. The molecular formula is C14H17NO2S. The minimum absolute atomic E-state index is 0.288.